The van der Waals surface area contributed by atoms with Crippen LogP contribution in [0.4, 0.5) is 0 Å². The van der Waals surface area contributed by atoms with E-state index >= 15 is 0 Å². The molecule has 0 saturated carbocycles. The average Bonchev–Trinajstić information content (AvgIpc) is 2.38. The number of nitrogens with zero attached hydrogens (tertiary/aromatic N) is 2. The molecule has 4 nitrogen and oxygen atoms in total. The zero-order valence-electron chi connectivity index (χ0n) is 11.4. The highest BCUT2D eigenvalue weighted by Gasteiger charge is 2.13. The van der Waals surface area contributed by atoms with E-state index in [0.717, 1.165) is 5.56 Å². The molecule has 2 rings (SSSR count). The van der Waals surface area contributed by atoms with E-state index in [1.807, 2.05) is 32.9 Å². The molecule has 0 spiro atoms. The predicted molar refractivity (Wildman–Crippen MR) is 73.0 cm³/mol. The van der Waals surface area contributed by atoms with Crippen molar-refractivity contribution in [3.8, 4) is 5.75 Å². The smallest absolute Gasteiger partial charge is 0.138 e. The first kappa shape index (κ1) is 13.5. The highest BCUT2D eigenvalue weighted by molar-refractivity contribution is 5.30. The van der Waals surface area contributed by atoms with Crippen LogP contribution in [0.1, 0.15) is 36.8 Å². The van der Waals surface area contributed by atoms with E-state index in [-0.39, 0.29) is 6.10 Å². The van der Waals surface area contributed by atoms with Gasteiger partial charge in [-0.15, -0.1) is 0 Å². The van der Waals surface area contributed by atoms with Crippen LogP contribution in [0.3, 0.4) is 0 Å². The lowest BCUT2D eigenvalue weighted by molar-refractivity contribution is 0.211. The summed E-state index contributed by atoms with van der Waals surface area (Å²) in [6, 6.07) is 5.53. The molecule has 0 aliphatic heterocycles. The molecule has 1 unspecified atom stereocenters. The third-order valence-corrected chi connectivity index (χ3v) is 2.64. The molecule has 2 aromatic heterocycles. The van der Waals surface area contributed by atoms with E-state index < -0.39 is 6.10 Å². The number of pyridine rings is 2. The molecule has 19 heavy (non-hydrogen) atoms. The zero-order valence-corrected chi connectivity index (χ0v) is 11.4. The summed E-state index contributed by atoms with van der Waals surface area (Å²) in [6.45, 7) is 5.86. The van der Waals surface area contributed by atoms with Crippen molar-refractivity contribution >= 4 is 0 Å². The Hall–Kier alpha value is -1.94. The minimum Gasteiger partial charge on any atom is -0.489 e. The van der Waals surface area contributed by atoms with Gasteiger partial charge in [0.05, 0.1) is 18.0 Å². The van der Waals surface area contributed by atoms with Crippen LogP contribution in [0.5, 0.6) is 5.75 Å². The second-order valence-electron chi connectivity index (χ2n) is 4.78. The number of hydrogen-bond donors (Lipinski definition) is 1. The van der Waals surface area contributed by atoms with E-state index in [9.17, 15) is 5.11 Å². The molecular weight excluding hydrogens is 240 g/mol. The fraction of sp³-hybridized carbons (Fsp3) is 0.333. The SMILES string of the molecule is Cc1ccc(C(O)c2cncc(OC(C)C)c2)nc1. The van der Waals surface area contributed by atoms with Crippen molar-refractivity contribution in [2.24, 2.45) is 0 Å². The third kappa shape index (κ3) is 3.51. The minimum atomic E-state index is -0.788. The number of aromatic nitrogens is 2. The Morgan fingerprint density at radius 2 is 1.95 bits per heavy atom. The van der Waals surface area contributed by atoms with Gasteiger partial charge >= 0.3 is 0 Å². The molecule has 0 bridgehead atoms. The van der Waals surface area contributed by atoms with Crippen molar-refractivity contribution in [3.63, 3.8) is 0 Å². The predicted octanol–water partition coefficient (Wildman–Crippen LogP) is 2.65. The van der Waals surface area contributed by atoms with E-state index in [4.69, 9.17) is 4.74 Å². The van der Waals surface area contributed by atoms with Crippen LogP contribution >= 0.6 is 0 Å². The molecule has 0 aliphatic rings. The highest BCUT2D eigenvalue weighted by Crippen LogP contribution is 2.23. The molecule has 1 N–H and O–H groups in total. The molecule has 4 heteroatoms. The number of aryl methyl sites for hydroxylation is 1. The second kappa shape index (κ2) is 5.80. The van der Waals surface area contributed by atoms with Crippen LogP contribution in [-0.4, -0.2) is 21.2 Å². The molecule has 0 radical (unpaired) electrons. The largest absolute Gasteiger partial charge is 0.489 e. The van der Waals surface area contributed by atoms with Crippen molar-refractivity contribution < 1.29 is 9.84 Å². The number of rotatable bonds is 4. The Balaban J connectivity index is 2.23. The zero-order chi connectivity index (χ0) is 13.8. The summed E-state index contributed by atoms with van der Waals surface area (Å²) in [6.07, 6.45) is 4.29. The molecular formula is C15H18N2O2. The van der Waals surface area contributed by atoms with Crippen LogP contribution in [0, 0.1) is 6.92 Å². The monoisotopic (exact) mass is 258 g/mol. The number of aliphatic hydroxyl groups excluding tert-OH is 1. The van der Waals surface area contributed by atoms with Gasteiger partial charge in [0.2, 0.25) is 0 Å². The van der Waals surface area contributed by atoms with Crippen molar-refractivity contribution in [2.45, 2.75) is 33.0 Å². The van der Waals surface area contributed by atoms with Crippen LogP contribution in [-0.2, 0) is 0 Å². The number of hydrogen-bond acceptors (Lipinski definition) is 4. The van der Waals surface area contributed by atoms with E-state index in [1.165, 1.54) is 0 Å². The fourth-order valence-corrected chi connectivity index (χ4v) is 1.73. The van der Waals surface area contributed by atoms with Gasteiger partial charge in [0.25, 0.3) is 0 Å². The van der Waals surface area contributed by atoms with Gasteiger partial charge in [-0.05, 0) is 38.5 Å². The number of ether oxygens (including phenoxy) is 1. The Morgan fingerprint density at radius 3 is 2.58 bits per heavy atom. The fourth-order valence-electron chi connectivity index (χ4n) is 1.73. The standard InChI is InChI=1S/C15H18N2O2/c1-10(2)19-13-6-12(8-16-9-13)15(18)14-5-4-11(3)7-17-14/h4-10,15,18H,1-3H3. The molecule has 0 aromatic carbocycles. The van der Waals surface area contributed by atoms with E-state index in [2.05, 4.69) is 9.97 Å². The summed E-state index contributed by atoms with van der Waals surface area (Å²) in [7, 11) is 0. The average molecular weight is 258 g/mol. The maximum absolute atomic E-state index is 10.3. The summed E-state index contributed by atoms with van der Waals surface area (Å²) >= 11 is 0. The van der Waals surface area contributed by atoms with E-state index in [0.29, 0.717) is 17.0 Å². The summed E-state index contributed by atoms with van der Waals surface area (Å²) in [5.41, 5.74) is 2.34. The summed E-state index contributed by atoms with van der Waals surface area (Å²) in [5.74, 6) is 0.652. The Morgan fingerprint density at radius 1 is 1.16 bits per heavy atom. The van der Waals surface area contributed by atoms with Crippen LogP contribution < -0.4 is 4.74 Å². The first-order chi connectivity index (χ1) is 9.06. The molecule has 0 saturated heterocycles. The van der Waals surface area contributed by atoms with Crippen LogP contribution in [0.25, 0.3) is 0 Å². The maximum Gasteiger partial charge on any atom is 0.138 e. The minimum absolute atomic E-state index is 0.0756. The van der Waals surface area contributed by atoms with Gasteiger partial charge < -0.3 is 9.84 Å². The quantitative estimate of drug-likeness (QED) is 0.916. The van der Waals surface area contributed by atoms with Gasteiger partial charge in [-0.1, -0.05) is 6.07 Å². The first-order valence-electron chi connectivity index (χ1n) is 6.28. The van der Waals surface area contributed by atoms with Crippen LogP contribution in [0.15, 0.2) is 36.8 Å². The van der Waals surface area contributed by atoms with Gasteiger partial charge in [0.1, 0.15) is 11.9 Å². The summed E-state index contributed by atoms with van der Waals surface area (Å²) in [5, 5.41) is 10.3. The Bertz CT molecular complexity index is 538. The maximum atomic E-state index is 10.3. The Labute approximate surface area is 113 Å². The van der Waals surface area contributed by atoms with Crippen molar-refractivity contribution in [2.75, 3.05) is 0 Å². The molecule has 1 atom stereocenters. The van der Waals surface area contributed by atoms with Gasteiger partial charge in [0, 0.05) is 18.0 Å². The summed E-state index contributed by atoms with van der Waals surface area (Å²) < 4.78 is 5.57. The molecule has 0 amide bonds. The molecule has 0 fully saturated rings. The van der Waals surface area contributed by atoms with Crippen molar-refractivity contribution in [1.29, 1.82) is 0 Å². The molecule has 2 heterocycles. The van der Waals surface area contributed by atoms with Gasteiger partial charge in [0.15, 0.2) is 0 Å². The van der Waals surface area contributed by atoms with Gasteiger partial charge in [-0.2, -0.15) is 0 Å². The third-order valence-electron chi connectivity index (χ3n) is 2.64. The van der Waals surface area contributed by atoms with Gasteiger partial charge in [-0.3, -0.25) is 9.97 Å². The first-order valence-corrected chi connectivity index (χ1v) is 6.28. The molecule has 2 aromatic rings. The summed E-state index contributed by atoms with van der Waals surface area (Å²) in [4.78, 5) is 8.32. The van der Waals surface area contributed by atoms with Gasteiger partial charge in [-0.25, -0.2) is 0 Å². The lowest BCUT2D eigenvalue weighted by Gasteiger charge is -2.13. The van der Waals surface area contributed by atoms with Crippen molar-refractivity contribution in [1.82, 2.24) is 9.97 Å². The molecule has 100 valence electrons. The topological polar surface area (TPSA) is 55.2 Å². The molecule has 0 aliphatic carbocycles. The number of aliphatic hydroxyl groups is 1. The van der Waals surface area contributed by atoms with E-state index in [1.54, 1.807) is 24.7 Å². The second-order valence-corrected chi connectivity index (χ2v) is 4.78. The Kier molecular flexibility index (Phi) is 4.12. The normalized spacial score (nSPS) is 12.5. The van der Waals surface area contributed by atoms with Crippen LogP contribution in [0.2, 0.25) is 0 Å². The lowest BCUT2D eigenvalue weighted by atomic mass is 10.1. The van der Waals surface area contributed by atoms with Crippen molar-refractivity contribution in [3.05, 3.63) is 53.6 Å². The highest BCUT2D eigenvalue weighted by atomic mass is 16.5. The lowest BCUT2D eigenvalue weighted by Crippen LogP contribution is -2.07.